The molecule has 1 unspecified atom stereocenters. The van der Waals surface area contributed by atoms with E-state index < -0.39 is 5.17 Å². The molecule has 1 N–H and O–H groups in total. The van der Waals surface area contributed by atoms with Crippen LogP contribution in [0.3, 0.4) is 0 Å². The highest BCUT2D eigenvalue weighted by Crippen LogP contribution is 2.09. The van der Waals surface area contributed by atoms with E-state index in [1.165, 1.54) is 0 Å². The van der Waals surface area contributed by atoms with Gasteiger partial charge in [-0.25, -0.2) is 0 Å². The maximum absolute atomic E-state index is 10.8. The number of nitroso groups, excluding NO2 is 1. The minimum atomic E-state index is -0.707. The number of benzene rings is 1. The van der Waals surface area contributed by atoms with Crippen LogP contribution in [0.25, 0.3) is 0 Å². The zero-order chi connectivity index (χ0) is 9.14. The monoisotopic (exact) mass is 166 g/mol. The molecule has 0 saturated heterocycles. The second kappa shape index (κ2) is 3.42. The molecule has 12 heavy (non-hydrogen) atoms. The SMILES string of the molecule is Cc1cc(C)cc([NH+]([O-])N=O)c1. The fourth-order valence-corrected chi connectivity index (χ4v) is 1.15. The summed E-state index contributed by atoms with van der Waals surface area (Å²) in [7, 11) is 0. The third kappa shape index (κ3) is 1.87. The van der Waals surface area contributed by atoms with Gasteiger partial charge in [0, 0.05) is 12.1 Å². The first kappa shape index (κ1) is 8.83. The van der Waals surface area contributed by atoms with Gasteiger partial charge in [0.15, 0.2) is 11.0 Å². The molecule has 0 aromatic heterocycles. The minimum Gasteiger partial charge on any atom is -0.598 e. The molecule has 64 valence electrons. The summed E-state index contributed by atoms with van der Waals surface area (Å²) in [4.78, 5) is 9.93. The fourth-order valence-electron chi connectivity index (χ4n) is 1.15. The van der Waals surface area contributed by atoms with Crippen LogP contribution in [0.5, 0.6) is 0 Å². The summed E-state index contributed by atoms with van der Waals surface area (Å²) in [6.45, 7) is 3.74. The van der Waals surface area contributed by atoms with Crippen LogP contribution in [-0.2, 0) is 0 Å². The van der Waals surface area contributed by atoms with Crippen LogP contribution < -0.4 is 5.17 Å². The Morgan fingerprint density at radius 1 is 1.25 bits per heavy atom. The van der Waals surface area contributed by atoms with E-state index in [1.807, 2.05) is 19.9 Å². The number of aryl methyl sites for hydroxylation is 2. The van der Waals surface area contributed by atoms with Crippen molar-refractivity contribution in [3.8, 4) is 0 Å². The van der Waals surface area contributed by atoms with E-state index >= 15 is 0 Å². The molecule has 1 aromatic rings. The van der Waals surface area contributed by atoms with Crippen LogP contribution in [-0.4, -0.2) is 0 Å². The molecular formula is C8H10N2O2. The van der Waals surface area contributed by atoms with E-state index in [9.17, 15) is 10.1 Å². The van der Waals surface area contributed by atoms with Gasteiger partial charge in [0.2, 0.25) is 0 Å². The first-order valence-electron chi connectivity index (χ1n) is 3.59. The summed E-state index contributed by atoms with van der Waals surface area (Å²) in [5.74, 6) is 0. The first-order valence-corrected chi connectivity index (χ1v) is 3.59. The van der Waals surface area contributed by atoms with Gasteiger partial charge in [-0.2, -0.15) is 5.17 Å². The topological polar surface area (TPSA) is 56.9 Å². The Balaban J connectivity index is 3.08. The summed E-state index contributed by atoms with van der Waals surface area (Å²) in [6.07, 6.45) is 0. The van der Waals surface area contributed by atoms with E-state index in [4.69, 9.17) is 0 Å². The van der Waals surface area contributed by atoms with Crippen molar-refractivity contribution in [1.29, 1.82) is 0 Å². The maximum Gasteiger partial charge on any atom is 0.161 e. The molecule has 0 radical (unpaired) electrons. The van der Waals surface area contributed by atoms with Gasteiger partial charge >= 0.3 is 0 Å². The van der Waals surface area contributed by atoms with Gasteiger partial charge in [0.05, 0.1) is 0 Å². The molecule has 0 aliphatic rings. The normalized spacial score (nSPS) is 12.6. The molecule has 0 spiro atoms. The van der Waals surface area contributed by atoms with Crippen LogP contribution in [0, 0.1) is 24.0 Å². The number of nitrogens with zero attached hydrogens (tertiary/aromatic N) is 1. The van der Waals surface area contributed by atoms with Crippen molar-refractivity contribution in [2.45, 2.75) is 13.8 Å². The number of rotatable bonds is 2. The molecule has 0 bridgehead atoms. The summed E-state index contributed by atoms with van der Waals surface area (Å²) in [5.41, 5.74) is 2.28. The molecule has 0 fully saturated rings. The number of quaternary nitrogens is 1. The lowest BCUT2D eigenvalue weighted by Crippen LogP contribution is -2.96. The van der Waals surface area contributed by atoms with Gasteiger partial charge in [0.25, 0.3) is 0 Å². The number of nitrogens with one attached hydrogen (secondary N) is 1. The smallest absolute Gasteiger partial charge is 0.161 e. The van der Waals surface area contributed by atoms with Crippen molar-refractivity contribution in [3.63, 3.8) is 0 Å². The molecule has 1 atom stereocenters. The second-order valence-electron chi connectivity index (χ2n) is 2.77. The zero-order valence-electron chi connectivity index (χ0n) is 7.00. The Labute approximate surface area is 70.3 Å². The third-order valence-corrected chi connectivity index (χ3v) is 1.55. The van der Waals surface area contributed by atoms with Crippen molar-refractivity contribution in [2.24, 2.45) is 5.29 Å². The molecule has 0 aliphatic carbocycles. The van der Waals surface area contributed by atoms with Crippen LogP contribution >= 0.6 is 0 Å². The lowest BCUT2D eigenvalue weighted by Gasteiger charge is -2.10. The summed E-state index contributed by atoms with van der Waals surface area (Å²) < 4.78 is 0. The van der Waals surface area contributed by atoms with Crippen LogP contribution in [0.1, 0.15) is 11.1 Å². The Hall–Kier alpha value is -1.26. The van der Waals surface area contributed by atoms with E-state index in [2.05, 4.69) is 5.29 Å². The van der Waals surface area contributed by atoms with E-state index in [0.717, 1.165) is 11.1 Å². The lowest BCUT2D eigenvalue weighted by atomic mass is 10.1. The summed E-state index contributed by atoms with van der Waals surface area (Å²) >= 11 is 0. The Bertz CT molecular complexity index is 279. The van der Waals surface area contributed by atoms with E-state index in [1.54, 1.807) is 12.1 Å². The summed E-state index contributed by atoms with van der Waals surface area (Å²) in [5, 5.41) is 12.5. The highest BCUT2D eigenvalue weighted by molar-refractivity contribution is 5.37. The van der Waals surface area contributed by atoms with E-state index in [-0.39, 0.29) is 0 Å². The molecule has 1 aromatic carbocycles. The van der Waals surface area contributed by atoms with E-state index in [0.29, 0.717) is 5.69 Å². The van der Waals surface area contributed by atoms with Gasteiger partial charge in [-0.3, -0.25) is 0 Å². The van der Waals surface area contributed by atoms with Gasteiger partial charge < -0.3 is 5.21 Å². The highest BCUT2D eigenvalue weighted by atomic mass is 16.6. The number of hydrogen-bond donors (Lipinski definition) is 1. The molecular weight excluding hydrogens is 156 g/mol. The van der Waals surface area contributed by atoms with Gasteiger partial charge in [0.1, 0.15) is 0 Å². The Morgan fingerprint density at radius 3 is 2.17 bits per heavy atom. The largest absolute Gasteiger partial charge is 0.598 e. The van der Waals surface area contributed by atoms with Crippen molar-refractivity contribution in [2.75, 3.05) is 0 Å². The summed E-state index contributed by atoms with van der Waals surface area (Å²) in [6, 6.07) is 5.23. The van der Waals surface area contributed by atoms with Crippen molar-refractivity contribution in [1.82, 2.24) is 0 Å². The average molecular weight is 166 g/mol. The predicted octanol–water partition coefficient (Wildman–Crippen LogP) is 0.999. The minimum absolute atomic E-state index is 0.363. The third-order valence-electron chi connectivity index (χ3n) is 1.55. The van der Waals surface area contributed by atoms with Gasteiger partial charge in [-0.1, -0.05) is 11.0 Å². The second-order valence-corrected chi connectivity index (χ2v) is 2.77. The van der Waals surface area contributed by atoms with Crippen LogP contribution in [0.15, 0.2) is 23.5 Å². The van der Waals surface area contributed by atoms with Crippen molar-refractivity contribution >= 4 is 5.69 Å². The number of hydrogen-bond acceptors (Lipinski definition) is 3. The molecule has 4 heteroatoms. The maximum atomic E-state index is 10.8. The Kier molecular flexibility index (Phi) is 2.52. The zero-order valence-corrected chi connectivity index (χ0v) is 7.00. The predicted molar refractivity (Wildman–Crippen MR) is 45.7 cm³/mol. The van der Waals surface area contributed by atoms with Crippen molar-refractivity contribution in [3.05, 3.63) is 39.4 Å². The molecule has 0 aliphatic heterocycles. The quantitative estimate of drug-likeness (QED) is 0.526. The molecule has 4 nitrogen and oxygen atoms in total. The molecule has 0 heterocycles. The van der Waals surface area contributed by atoms with Crippen LogP contribution in [0.4, 0.5) is 5.69 Å². The highest BCUT2D eigenvalue weighted by Gasteiger charge is 2.03. The lowest BCUT2D eigenvalue weighted by molar-refractivity contribution is -0.785. The standard InChI is InChI=1S/C8H10N2O2/c1-6-3-7(2)5-8(4-6)10(12)9-11/h3-5,10H,1-2H3. The average Bonchev–Trinajstić information content (AvgIpc) is 2.01. The van der Waals surface area contributed by atoms with Crippen molar-refractivity contribution < 1.29 is 5.17 Å². The molecule has 1 rings (SSSR count). The van der Waals surface area contributed by atoms with Gasteiger partial charge in [-0.15, -0.1) is 0 Å². The van der Waals surface area contributed by atoms with Crippen LogP contribution in [0.2, 0.25) is 0 Å². The molecule has 0 saturated carbocycles. The first-order chi connectivity index (χ1) is 5.63. The fraction of sp³-hybridized carbons (Fsp3) is 0.250. The molecule has 0 amide bonds. The Morgan fingerprint density at radius 2 is 1.75 bits per heavy atom. The van der Waals surface area contributed by atoms with Gasteiger partial charge in [-0.05, 0) is 25.0 Å².